The number of rotatable bonds is 0. The Morgan fingerprint density at radius 3 is 1.91 bits per heavy atom. The molecule has 0 unspecified atom stereocenters. The van der Waals surface area contributed by atoms with E-state index in [9.17, 15) is 4.79 Å². The third kappa shape index (κ3) is 13.8. The van der Waals surface area contributed by atoms with Gasteiger partial charge in [-0.05, 0) is 20.8 Å². The van der Waals surface area contributed by atoms with Crippen LogP contribution < -0.4 is 5.43 Å². The Labute approximate surface area is 102 Å². The van der Waals surface area contributed by atoms with E-state index in [2.05, 4.69) is 4.74 Å². The molecule has 0 aliphatic heterocycles. The first-order valence-electron chi connectivity index (χ1n) is 2.61. The Bertz CT molecular complexity index is 116. The minimum Gasteiger partial charge on any atom is -0.581 e. The van der Waals surface area contributed by atoms with Crippen LogP contribution in [0.4, 0.5) is 4.79 Å². The number of hydrogen-bond donors (Lipinski definition) is 1. The van der Waals surface area contributed by atoms with E-state index in [1.807, 2.05) is 0 Å². The van der Waals surface area contributed by atoms with E-state index in [1.54, 1.807) is 26.2 Å². The second kappa shape index (κ2) is 7.51. The zero-order valence-corrected chi connectivity index (χ0v) is 12.3. The van der Waals surface area contributed by atoms with E-state index >= 15 is 0 Å². The first kappa shape index (κ1) is 17.8. The van der Waals surface area contributed by atoms with Gasteiger partial charge in [0.2, 0.25) is 0 Å². The SMILES string of the molecule is CC(C)(C)OC(=O)N[NH-].[U].[V]. The topological polar surface area (TPSA) is 62.1 Å². The van der Waals surface area contributed by atoms with Crippen molar-refractivity contribution in [3.05, 3.63) is 5.84 Å². The van der Waals surface area contributed by atoms with Gasteiger partial charge in [-0.1, -0.05) is 0 Å². The quantitative estimate of drug-likeness (QED) is 0.604. The Balaban J connectivity index is -0.000000320. The van der Waals surface area contributed by atoms with Gasteiger partial charge in [-0.3, -0.25) is 0 Å². The van der Waals surface area contributed by atoms with Gasteiger partial charge in [0.1, 0.15) is 5.60 Å². The number of carbonyl (C=O) groups is 1. The van der Waals surface area contributed by atoms with E-state index in [4.69, 9.17) is 5.84 Å². The maximum absolute atomic E-state index is 10.3. The normalized spacial score (nSPS) is 8.73. The minimum absolute atomic E-state index is 0. The van der Waals surface area contributed by atoms with Crippen molar-refractivity contribution in [2.45, 2.75) is 26.4 Å². The predicted molar refractivity (Wildman–Crippen MR) is 33.7 cm³/mol. The number of carbonyl (C=O) groups excluding carboxylic acids is 1. The average Bonchev–Trinajstić information content (AvgIpc) is 1.62. The molecule has 0 saturated heterocycles. The summed E-state index contributed by atoms with van der Waals surface area (Å²) in [5, 5.41) is 0. The van der Waals surface area contributed by atoms with Crippen molar-refractivity contribution < 1.29 is 59.2 Å². The van der Waals surface area contributed by atoms with Crippen LogP contribution in [-0.2, 0) is 23.3 Å². The average molecular weight is 420 g/mol. The first-order valence-corrected chi connectivity index (χ1v) is 2.61. The summed E-state index contributed by atoms with van der Waals surface area (Å²) >= 11 is 0. The molecule has 1 radical (unpaired) electrons. The third-order valence-electron chi connectivity index (χ3n) is 0.501. The Hall–Kier alpha value is 0.866. The minimum atomic E-state index is -0.720. The van der Waals surface area contributed by atoms with Gasteiger partial charge in [-0.25, -0.2) is 4.79 Å². The van der Waals surface area contributed by atoms with Gasteiger partial charge in [0.25, 0.3) is 0 Å². The fourth-order valence-electron chi connectivity index (χ4n) is 0.304. The maximum Gasteiger partial charge on any atom is 0.390 e. The first-order chi connectivity index (χ1) is 3.95. The van der Waals surface area contributed by atoms with Crippen molar-refractivity contribution in [2.75, 3.05) is 0 Å². The largest absolute Gasteiger partial charge is 0.581 e. The molecule has 4 nitrogen and oxygen atoms in total. The molecule has 0 atom stereocenters. The molecule has 0 saturated carbocycles. The molecule has 11 heavy (non-hydrogen) atoms. The van der Waals surface area contributed by atoms with Crippen molar-refractivity contribution in [3.8, 4) is 0 Å². The van der Waals surface area contributed by atoms with E-state index < -0.39 is 11.7 Å². The van der Waals surface area contributed by atoms with Gasteiger partial charge >= 0.3 is 6.09 Å². The van der Waals surface area contributed by atoms with Crippen LogP contribution in [0, 0.1) is 31.1 Å². The molecule has 1 amide bonds. The third-order valence-corrected chi connectivity index (χ3v) is 0.501. The molecular weight excluding hydrogens is 409 g/mol. The molecule has 6 heteroatoms. The molecule has 0 rings (SSSR count). The van der Waals surface area contributed by atoms with Gasteiger partial charge < -0.3 is 16.0 Å². The van der Waals surface area contributed by atoms with Crippen LogP contribution >= 0.6 is 0 Å². The summed E-state index contributed by atoms with van der Waals surface area (Å²) in [7, 11) is 0. The molecule has 0 aromatic carbocycles. The molecule has 0 aromatic heterocycles. The van der Waals surface area contributed by atoms with Crippen molar-refractivity contribution >= 4 is 6.09 Å². The second-order valence-corrected chi connectivity index (χ2v) is 2.63. The fourth-order valence-corrected chi connectivity index (χ4v) is 0.304. The summed E-state index contributed by atoms with van der Waals surface area (Å²) in [6, 6.07) is 0. The summed E-state index contributed by atoms with van der Waals surface area (Å²) in [4.78, 5) is 10.3. The monoisotopic (exact) mass is 420 g/mol. The molecule has 0 heterocycles. The summed E-state index contributed by atoms with van der Waals surface area (Å²) in [6.07, 6.45) is -0.720. The van der Waals surface area contributed by atoms with Gasteiger partial charge in [0, 0.05) is 49.7 Å². The molecule has 0 aliphatic carbocycles. The van der Waals surface area contributed by atoms with E-state index in [0.717, 1.165) is 0 Å². The molecule has 0 aliphatic rings. The summed E-state index contributed by atoms with van der Waals surface area (Å²) < 4.78 is 4.65. The van der Waals surface area contributed by atoms with E-state index in [-0.39, 0.29) is 49.7 Å². The van der Waals surface area contributed by atoms with Gasteiger partial charge in [0.05, 0.1) is 0 Å². The molecule has 0 aromatic rings. The van der Waals surface area contributed by atoms with Gasteiger partial charge in [-0.2, -0.15) is 0 Å². The smallest absolute Gasteiger partial charge is 0.390 e. The maximum atomic E-state index is 10.3. The van der Waals surface area contributed by atoms with Crippen LogP contribution in [0.5, 0.6) is 0 Å². The zero-order valence-electron chi connectivity index (χ0n) is 6.76. The molecular formula is C5H11N2O2UV-. The predicted octanol–water partition coefficient (Wildman–Crippen LogP) is 1.48. The molecule has 0 fully saturated rings. The Kier molecular flexibility index (Phi) is 12.2. The number of amides is 1. The Morgan fingerprint density at radius 2 is 1.82 bits per heavy atom. The van der Waals surface area contributed by atoms with E-state index in [0.29, 0.717) is 0 Å². The summed E-state index contributed by atoms with van der Waals surface area (Å²) in [5.41, 5.74) is 1.10. The number of nitrogens with one attached hydrogen (secondary N) is 2. The van der Waals surface area contributed by atoms with Crippen LogP contribution in [0.15, 0.2) is 0 Å². The molecule has 0 bridgehead atoms. The van der Waals surface area contributed by atoms with Crippen molar-refractivity contribution in [1.29, 1.82) is 0 Å². The zero-order chi connectivity index (χ0) is 7.49. The van der Waals surface area contributed by atoms with Crippen LogP contribution in [0.2, 0.25) is 0 Å². The summed E-state index contributed by atoms with van der Waals surface area (Å²) in [6.45, 7) is 5.22. The van der Waals surface area contributed by atoms with Crippen molar-refractivity contribution in [3.63, 3.8) is 0 Å². The second-order valence-electron chi connectivity index (χ2n) is 2.63. The van der Waals surface area contributed by atoms with E-state index in [1.165, 1.54) is 0 Å². The number of hydrogen-bond acceptors (Lipinski definition) is 2. The van der Waals surface area contributed by atoms with Crippen molar-refractivity contribution in [2.24, 2.45) is 0 Å². The summed E-state index contributed by atoms with van der Waals surface area (Å²) in [5.74, 6) is 6.36. The fraction of sp³-hybridized carbons (Fsp3) is 0.800. The molecule has 0 spiro atoms. The number of ether oxygens (including phenoxy) is 1. The van der Waals surface area contributed by atoms with Crippen LogP contribution in [0.1, 0.15) is 20.8 Å². The van der Waals surface area contributed by atoms with Gasteiger partial charge in [0.15, 0.2) is 0 Å². The Morgan fingerprint density at radius 1 is 1.45 bits per heavy atom. The molecule has 2 N–H and O–H groups in total. The van der Waals surface area contributed by atoms with Crippen molar-refractivity contribution in [1.82, 2.24) is 5.43 Å². The van der Waals surface area contributed by atoms with Crippen LogP contribution in [0.25, 0.3) is 5.84 Å². The van der Waals surface area contributed by atoms with Crippen LogP contribution in [0.3, 0.4) is 0 Å². The van der Waals surface area contributed by atoms with Crippen LogP contribution in [-0.4, -0.2) is 11.7 Å². The molecule has 63 valence electrons. The van der Waals surface area contributed by atoms with Gasteiger partial charge in [-0.15, -0.1) is 0 Å². The standard InChI is InChI=1S/C5H11N2O2.U.V/c1-5(2,3)9-4(8)7-6;;/h6H,1-3H3,(H,7,8);;/q-1;;.